The van der Waals surface area contributed by atoms with Gasteiger partial charge >= 0.3 is 0 Å². The lowest BCUT2D eigenvalue weighted by molar-refractivity contribution is 0.203. The van der Waals surface area contributed by atoms with Crippen LogP contribution in [-0.2, 0) is 6.54 Å². The Kier molecular flexibility index (Phi) is 3.71. The maximum Gasteiger partial charge on any atom is 0.185 e. The summed E-state index contributed by atoms with van der Waals surface area (Å²) in [5.41, 5.74) is 1.19. The third-order valence-electron chi connectivity index (χ3n) is 2.42. The van der Waals surface area contributed by atoms with E-state index in [-0.39, 0.29) is 0 Å². The zero-order chi connectivity index (χ0) is 12.3. The van der Waals surface area contributed by atoms with Gasteiger partial charge in [-0.05, 0) is 24.6 Å². The van der Waals surface area contributed by atoms with Crippen LogP contribution in [0.3, 0.4) is 0 Å². The minimum Gasteiger partial charge on any atom is -0.388 e. The normalized spacial score (nSPS) is 12.4. The van der Waals surface area contributed by atoms with Gasteiger partial charge in [0, 0.05) is 32.2 Å². The number of thiazole rings is 1. The van der Waals surface area contributed by atoms with Crippen LogP contribution in [0.5, 0.6) is 0 Å². The van der Waals surface area contributed by atoms with Gasteiger partial charge in [-0.15, -0.1) is 0 Å². The molecule has 2 aromatic heterocycles. The lowest BCUT2D eigenvalue weighted by Gasteiger charge is -2.15. The van der Waals surface area contributed by atoms with E-state index in [4.69, 9.17) is 0 Å². The Morgan fingerprint density at radius 1 is 1.41 bits per heavy atom. The summed E-state index contributed by atoms with van der Waals surface area (Å²) < 4.78 is 0. The molecular formula is C12H15N3OS. The van der Waals surface area contributed by atoms with Crippen molar-refractivity contribution in [3.8, 4) is 0 Å². The standard InChI is InChI=1S/C12H15N3OS/c1-9(16)11-7-14-12(17-11)15(2)8-10-3-5-13-6-4-10/h3-7,9,16H,8H2,1-2H3. The molecule has 90 valence electrons. The van der Waals surface area contributed by atoms with Crippen LogP contribution in [0.4, 0.5) is 5.13 Å². The van der Waals surface area contributed by atoms with Crippen LogP contribution in [0.15, 0.2) is 30.7 Å². The summed E-state index contributed by atoms with van der Waals surface area (Å²) in [5.74, 6) is 0. The molecule has 0 radical (unpaired) electrons. The summed E-state index contributed by atoms with van der Waals surface area (Å²) in [7, 11) is 1.99. The van der Waals surface area contributed by atoms with Crippen molar-refractivity contribution in [2.45, 2.75) is 19.6 Å². The minimum atomic E-state index is -0.449. The molecule has 0 aliphatic heterocycles. The molecular weight excluding hydrogens is 234 g/mol. The molecule has 5 heteroatoms. The monoisotopic (exact) mass is 249 g/mol. The molecule has 0 fully saturated rings. The number of aliphatic hydroxyl groups excluding tert-OH is 1. The molecule has 4 nitrogen and oxygen atoms in total. The third kappa shape index (κ3) is 3.01. The molecule has 2 rings (SSSR count). The quantitative estimate of drug-likeness (QED) is 0.902. The van der Waals surface area contributed by atoms with Crippen LogP contribution < -0.4 is 4.90 Å². The summed E-state index contributed by atoms with van der Waals surface area (Å²) in [6.07, 6.45) is 4.85. The summed E-state index contributed by atoms with van der Waals surface area (Å²) in [5, 5.41) is 10.4. The van der Waals surface area contributed by atoms with Crippen LogP contribution in [0.1, 0.15) is 23.5 Å². The van der Waals surface area contributed by atoms with Gasteiger partial charge in [0.15, 0.2) is 5.13 Å². The van der Waals surface area contributed by atoms with Crippen molar-refractivity contribution in [3.63, 3.8) is 0 Å². The Bertz CT molecular complexity index is 470. The smallest absolute Gasteiger partial charge is 0.185 e. The Labute approximate surface area is 105 Å². The van der Waals surface area contributed by atoms with Crippen molar-refractivity contribution in [3.05, 3.63) is 41.2 Å². The van der Waals surface area contributed by atoms with Crippen molar-refractivity contribution < 1.29 is 5.11 Å². The highest BCUT2D eigenvalue weighted by Crippen LogP contribution is 2.26. The maximum absolute atomic E-state index is 9.45. The Morgan fingerprint density at radius 2 is 2.12 bits per heavy atom. The first-order valence-electron chi connectivity index (χ1n) is 5.40. The van der Waals surface area contributed by atoms with Crippen molar-refractivity contribution >= 4 is 16.5 Å². The molecule has 2 aromatic rings. The van der Waals surface area contributed by atoms with Crippen LogP contribution in [0.25, 0.3) is 0 Å². The number of pyridine rings is 1. The number of aromatic nitrogens is 2. The van der Waals surface area contributed by atoms with E-state index in [0.29, 0.717) is 0 Å². The first-order valence-corrected chi connectivity index (χ1v) is 6.22. The summed E-state index contributed by atoms with van der Waals surface area (Å²) in [4.78, 5) is 11.2. The molecule has 2 heterocycles. The number of rotatable bonds is 4. The molecule has 1 N–H and O–H groups in total. The lowest BCUT2D eigenvalue weighted by Crippen LogP contribution is -2.15. The topological polar surface area (TPSA) is 49.3 Å². The van der Waals surface area contributed by atoms with Crippen LogP contribution in [0.2, 0.25) is 0 Å². The van der Waals surface area contributed by atoms with Gasteiger partial charge in [-0.1, -0.05) is 11.3 Å². The van der Waals surface area contributed by atoms with E-state index in [1.54, 1.807) is 25.5 Å². The molecule has 0 aromatic carbocycles. The second kappa shape index (κ2) is 5.25. The Morgan fingerprint density at radius 3 is 2.71 bits per heavy atom. The SMILES string of the molecule is CC(O)c1cnc(N(C)Cc2ccncc2)s1. The number of hydrogen-bond acceptors (Lipinski definition) is 5. The summed E-state index contributed by atoms with van der Waals surface area (Å²) in [6, 6.07) is 3.97. The zero-order valence-electron chi connectivity index (χ0n) is 9.87. The molecule has 1 unspecified atom stereocenters. The van der Waals surface area contributed by atoms with E-state index in [1.807, 2.05) is 19.2 Å². The van der Waals surface area contributed by atoms with E-state index >= 15 is 0 Å². The van der Waals surface area contributed by atoms with Gasteiger partial charge < -0.3 is 10.0 Å². The largest absolute Gasteiger partial charge is 0.388 e. The Balaban J connectivity index is 2.07. The van der Waals surface area contributed by atoms with Gasteiger partial charge in [-0.3, -0.25) is 4.98 Å². The van der Waals surface area contributed by atoms with Gasteiger partial charge in [-0.25, -0.2) is 4.98 Å². The van der Waals surface area contributed by atoms with E-state index in [9.17, 15) is 5.11 Å². The van der Waals surface area contributed by atoms with Gasteiger partial charge in [-0.2, -0.15) is 0 Å². The minimum absolute atomic E-state index is 0.449. The molecule has 0 amide bonds. The summed E-state index contributed by atoms with van der Waals surface area (Å²) in [6.45, 7) is 2.54. The van der Waals surface area contributed by atoms with Gasteiger partial charge in [0.2, 0.25) is 0 Å². The molecule has 0 saturated carbocycles. The summed E-state index contributed by atoms with van der Waals surface area (Å²) >= 11 is 1.52. The number of aliphatic hydroxyl groups is 1. The fourth-order valence-electron chi connectivity index (χ4n) is 1.48. The van der Waals surface area contributed by atoms with E-state index in [1.165, 1.54) is 16.9 Å². The number of anilines is 1. The highest BCUT2D eigenvalue weighted by Gasteiger charge is 2.10. The van der Waals surface area contributed by atoms with Crippen LogP contribution >= 0.6 is 11.3 Å². The molecule has 0 aliphatic rings. The molecule has 0 saturated heterocycles. The van der Waals surface area contributed by atoms with Gasteiger partial charge in [0.05, 0.1) is 11.0 Å². The van der Waals surface area contributed by atoms with Crippen molar-refractivity contribution in [2.75, 3.05) is 11.9 Å². The number of nitrogens with zero attached hydrogens (tertiary/aromatic N) is 3. The predicted molar refractivity (Wildman–Crippen MR) is 69.1 cm³/mol. The number of hydrogen-bond donors (Lipinski definition) is 1. The first-order chi connectivity index (χ1) is 8.16. The van der Waals surface area contributed by atoms with Crippen molar-refractivity contribution in [1.29, 1.82) is 0 Å². The lowest BCUT2D eigenvalue weighted by atomic mass is 10.2. The zero-order valence-corrected chi connectivity index (χ0v) is 10.7. The predicted octanol–water partition coefficient (Wildman–Crippen LogP) is 2.23. The van der Waals surface area contributed by atoms with Crippen LogP contribution in [0, 0.1) is 0 Å². The molecule has 1 atom stereocenters. The van der Waals surface area contributed by atoms with Gasteiger partial charge in [0.1, 0.15) is 0 Å². The third-order valence-corrected chi connectivity index (χ3v) is 3.70. The second-order valence-corrected chi connectivity index (χ2v) is 4.97. The fourth-order valence-corrected chi connectivity index (χ4v) is 2.29. The molecule has 0 aliphatic carbocycles. The highest BCUT2D eigenvalue weighted by molar-refractivity contribution is 7.15. The van der Waals surface area contributed by atoms with Crippen LogP contribution in [-0.4, -0.2) is 22.1 Å². The second-order valence-electron chi connectivity index (χ2n) is 3.93. The van der Waals surface area contributed by atoms with E-state index in [2.05, 4.69) is 14.9 Å². The maximum atomic E-state index is 9.45. The average molecular weight is 249 g/mol. The fraction of sp³-hybridized carbons (Fsp3) is 0.333. The highest BCUT2D eigenvalue weighted by atomic mass is 32.1. The van der Waals surface area contributed by atoms with E-state index < -0.39 is 6.10 Å². The molecule has 0 spiro atoms. The van der Waals surface area contributed by atoms with E-state index in [0.717, 1.165) is 16.6 Å². The molecule has 0 bridgehead atoms. The average Bonchev–Trinajstić information content (AvgIpc) is 2.79. The van der Waals surface area contributed by atoms with Crippen molar-refractivity contribution in [2.24, 2.45) is 0 Å². The van der Waals surface area contributed by atoms with Crippen molar-refractivity contribution in [1.82, 2.24) is 9.97 Å². The molecule has 17 heavy (non-hydrogen) atoms. The van der Waals surface area contributed by atoms with Gasteiger partial charge in [0.25, 0.3) is 0 Å². The first kappa shape index (κ1) is 12.0. The Hall–Kier alpha value is -1.46.